The van der Waals surface area contributed by atoms with Crippen molar-refractivity contribution in [3.8, 4) is 0 Å². The van der Waals surface area contributed by atoms with Crippen LogP contribution in [0, 0.1) is 11.8 Å². The van der Waals surface area contributed by atoms with Crippen LogP contribution in [0.25, 0.3) is 0 Å². The number of allylic oxidation sites excluding steroid dienone is 2. The van der Waals surface area contributed by atoms with Crippen molar-refractivity contribution in [1.29, 1.82) is 0 Å². The highest BCUT2D eigenvalue weighted by atomic mass is 79.9. The average Bonchev–Trinajstić information content (AvgIpc) is 2.94. The van der Waals surface area contributed by atoms with Crippen LogP contribution in [0.4, 0.5) is 4.79 Å². The summed E-state index contributed by atoms with van der Waals surface area (Å²) in [7, 11) is 1.70. The van der Waals surface area contributed by atoms with Gasteiger partial charge in [0.25, 0.3) is 0 Å². The SMILES string of the molecule is C/C=C/C(c1c(Br)cc(Cl)cc1CC)C1CCN(C(=O)CC2CCN(C(N)=O)CC2)CC1.CC.CN=CCCl. The number of hydrogen-bond donors (Lipinski definition) is 1. The van der Waals surface area contributed by atoms with Gasteiger partial charge in [-0.15, -0.1) is 11.6 Å². The van der Waals surface area contributed by atoms with Crippen molar-refractivity contribution in [3.63, 3.8) is 0 Å². The predicted molar refractivity (Wildman–Crippen MR) is 170 cm³/mol. The van der Waals surface area contributed by atoms with Gasteiger partial charge in [0, 0.05) is 61.3 Å². The van der Waals surface area contributed by atoms with E-state index >= 15 is 0 Å². The quantitative estimate of drug-likeness (QED) is 0.187. The zero-order chi connectivity index (χ0) is 29.4. The molecule has 1 atom stereocenters. The number of alkyl halides is 1. The van der Waals surface area contributed by atoms with Gasteiger partial charge in [-0.1, -0.05) is 60.5 Å². The van der Waals surface area contributed by atoms with Crippen LogP contribution in [0.5, 0.6) is 0 Å². The molecule has 2 saturated heterocycles. The molecule has 0 spiro atoms. The van der Waals surface area contributed by atoms with Crippen molar-refractivity contribution >= 4 is 57.3 Å². The number of carbonyl (C=O) groups excluding carboxylic acids is 2. The fraction of sp³-hybridized carbons (Fsp3) is 0.633. The van der Waals surface area contributed by atoms with Gasteiger partial charge in [0.05, 0.1) is 5.88 Å². The first-order chi connectivity index (χ1) is 18.7. The van der Waals surface area contributed by atoms with Crippen LogP contribution >= 0.6 is 39.1 Å². The second-order valence-corrected chi connectivity index (χ2v) is 11.3. The van der Waals surface area contributed by atoms with Gasteiger partial charge in [-0.25, -0.2) is 4.79 Å². The highest BCUT2D eigenvalue weighted by molar-refractivity contribution is 9.10. The van der Waals surface area contributed by atoms with E-state index in [0.29, 0.717) is 43.1 Å². The third-order valence-electron chi connectivity index (χ3n) is 7.34. The number of urea groups is 1. The van der Waals surface area contributed by atoms with Crippen LogP contribution in [-0.4, -0.2) is 67.1 Å². The number of halogens is 3. The lowest BCUT2D eigenvalue weighted by molar-refractivity contribution is -0.134. The Morgan fingerprint density at radius 2 is 1.72 bits per heavy atom. The van der Waals surface area contributed by atoms with E-state index in [9.17, 15) is 9.59 Å². The van der Waals surface area contributed by atoms with Crippen molar-refractivity contribution in [1.82, 2.24) is 9.80 Å². The number of aryl methyl sites for hydroxylation is 1. The molecule has 2 heterocycles. The van der Waals surface area contributed by atoms with Gasteiger partial charge < -0.3 is 15.5 Å². The van der Waals surface area contributed by atoms with E-state index in [0.717, 1.165) is 54.7 Å². The van der Waals surface area contributed by atoms with Gasteiger partial charge in [-0.3, -0.25) is 9.79 Å². The Kier molecular flexibility index (Phi) is 17.7. The molecule has 9 heteroatoms. The number of nitrogens with two attached hydrogens (primary N) is 1. The molecule has 0 aromatic heterocycles. The average molecular weight is 647 g/mol. The van der Waals surface area contributed by atoms with Crippen LogP contribution in [0.15, 0.2) is 33.7 Å². The lowest BCUT2D eigenvalue weighted by Crippen LogP contribution is -2.44. The standard InChI is InChI=1S/C25H35BrClN3O2.C3H6ClN.C2H6/c1-3-5-21(24-18(4-2)15-20(27)16-22(24)26)19-8-12-29(13-9-19)23(31)14-17-6-10-30(11-7-17)25(28)32;1-5-3-2-4;1-2/h3,5,15-17,19,21H,4,6-14H2,1-2H3,(H2,28,32);3H,2H2,1H3;1-2H3/b5-3+;;. The third kappa shape index (κ3) is 11.4. The summed E-state index contributed by atoms with van der Waals surface area (Å²) in [6.45, 7) is 11.2. The number of piperidine rings is 2. The lowest BCUT2D eigenvalue weighted by atomic mass is 9.77. The summed E-state index contributed by atoms with van der Waals surface area (Å²) in [4.78, 5) is 31.5. The van der Waals surface area contributed by atoms with E-state index < -0.39 is 0 Å². The zero-order valence-corrected chi connectivity index (χ0v) is 27.4. The van der Waals surface area contributed by atoms with Gasteiger partial charge in [-0.2, -0.15) is 0 Å². The molecule has 2 N–H and O–H groups in total. The molecule has 2 fully saturated rings. The number of carbonyl (C=O) groups is 2. The van der Waals surface area contributed by atoms with E-state index in [4.69, 9.17) is 28.9 Å². The molecule has 0 aliphatic carbocycles. The summed E-state index contributed by atoms with van der Waals surface area (Å²) >= 11 is 15.2. The maximum atomic E-state index is 12.9. The topological polar surface area (TPSA) is 79.0 Å². The molecule has 6 nitrogen and oxygen atoms in total. The first-order valence-corrected chi connectivity index (χ1v) is 15.8. The van der Waals surface area contributed by atoms with Crippen molar-refractivity contribution in [2.45, 2.75) is 72.1 Å². The number of primary amides is 1. The van der Waals surface area contributed by atoms with Gasteiger partial charge in [0.15, 0.2) is 0 Å². The van der Waals surface area contributed by atoms with Gasteiger partial charge in [0.1, 0.15) is 0 Å². The minimum absolute atomic E-state index is 0.255. The molecule has 3 amide bonds. The van der Waals surface area contributed by atoms with Gasteiger partial charge in [-0.05, 0) is 74.1 Å². The third-order valence-corrected chi connectivity index (χ3v) is 8.35. The van der Waals surface area contributed by atoms with Crippen LogP contribution < -0.4 is 5.73 Å². The molecule has 0 bridgehead atoms. The molecular weight excluding hydrogens is 599 g/mol. The Labute approximate surface area is 254 Å². The van der Waals surface area contributed by atoms with Crippen molar-refractivity contribution < 1.29 is 9.59 Å². The molecule has 0 saturated carbocycles. The minimum Gasteiger partial charge on any atom is -0.351 e. The molecule has 1 aromatic rings. The van der Waals surface area contributed by atoms with Crippen LogP contribution in [0.1, 0.15) is 76.8 Å². The summed E-state index contributed by atoms with van der Waals surface area (Å²) in [5.74, 6) is 1.94. The zero-order valence-electron chi connectivity index (χ0n) is 24.3. The lowest BCUT2D eigenvalue weighted by Gasteiger charge is -2.37. The number of rotatable bonds is 7. The number of hydrogen-bond acceptors (Lipinski definition) is 3. The number of likely N-dealkylation sites (tertiary alicyclic amines) is 2. The number of nitrogens with zero attached hydrogens (tertiary/aromatic N) is 3. The highest BCUT2D eigenvalue weighted by Gasteiger charge is 2.31. The van der Waals surface area contributed by atoms with E-state index in [1.807, 2.05) is 24.8 Å². The van der Waals surface area contributed by atoms with Crippen LogP contribution in [0.3, 0.4) is 0 Å². The van der Waals surface area contributed by atoms with Crippen molar-refractivity contribution in [3.05, 3.63) is 44.9 Å². The molecular formula is C30H47BrCl2N4O2. The number of benzene rings is 1. The molecule has 2 aliphatic heterocycles. The van der Waals surface area contributed by atoms with Crippen LogP contribution in [0.2, 0.25) is 5.02 Å². The Morgan fingerprint density at radius 3 is 2.18 bits per heavy atom. The smallest absolute Gasteiger partial charge is 0.314 e. The molecule has 3 rings (SSSR count). The molecule has 220 valence electrons. The van der Waals surface area contributed by atoms with Crippen LogP contribution in [-0.2, 0) is 11.2 Å². The van der Waals surface area contributed by atoms with E-state index in [1.54, 1.807) is 18.2 Å². The second kappa shape index (κ2) is 19.5. The first kappa shape index (κ1) is 35.5. The minimum atomic E-state index is -0.355. The van der Waals surface area contributed by atoms with E-state index in [-0.39, 0.29) is 11.9 Å². The number of amides is 3. The Balaban J connectivity index is 0.000000975. The monoisotopic (exact) mass is 644 g/mol. The van der Waals surface area contributed by atoms with Gasteiger partial charge in [0.2, 0.25) is 5.91 Å². The molecule has 39 heavy (non-hydrogen) atoms. The summed E-state index contributed by atoms with van der Waals surface area (Å²) in [6.07, 6.45) is 11.3. The normalized spacial score (nSPS) is 17.4. The largest absolute Gasteiger partial charge is 0.351 e. The molecule has 0 radical (unpaired) electrons. The maximum Gasteiger partial charge on any atom is 0.314 e. The summed E-state index contributed by atoms with van der Waals surface area (Å²) in [5.41, 5.74) is 7.98. The Hall–Kier alpha value is -1.57. The molecule has 2 aliphatic rings. The predicted octanol–water partition coefficient (Wildman–Crippen LogP) is 7.70. The Bertz CT molecular complexity index is 941. The molecule has 1 aromatic carbocycles. The van der Waals surface area contributed by atoms with E-state index in [2.05, 4.69) is 53.0 Å². The highest BCUT2D eigenvalue weighted by Crippen LogP contribution is 2.41. The molecule has 1 unspecified atom stereocenters. The fourth-order valence-electron chi connectivity index (χ4n) is 5.31. The number of aliphatic imine (C=N–C) groups is 1. The first-order valence-electron chi connectivity index (χ1n) is 14.1. The maximum absolute atomic E-state index is 12.9. The summed E-state index contributed by atoms with van der Waals surface area (Å²) < 4.78 is 1.07. The van der Waals surface area contributed by atoms with Gasteiger partial charge >= 0.3 is 6.03 Å². The summed E-state index contributed by atoms with van der Waals surface area (Å²) in [5, 5.41) is 0.763. The van der Waals surface area contributed by atoms with Crippen molar-refractivity contribution in [2.24, 2.45) is 22.6 Å². The second-order valence-electron chi connectivity index (χ2n) is 9.65. The fourth-order valence-corrected chi connectivity index (χ4v) is 6.59. The Morgan fingerprint density at radius 1 is 1.13 bits per heavy atom. The van der Waals surface area contributed by atoms with Crippen molar-refractivity contribution in [2.75, 3.05) is 39.1 Å². The van der Waals surface area contributed by atoms with E-state index in [1.165, 1.54) is 11.1 Å². The summed E-state index contributed by atoms with van der Waals surface area (Å²) in [6, 6.07) is 3.72.